The predicted molar refractivity (Wildman–Crippen MR) is 83.2 cm³/mol. The molecule has 0 spiro atoms. The summed E-state index contributed by atoms with van der Waals surface area (Å²) in [5.74, 6) is 0.627. The van der Waals surface area contributed by atoms with Crippen molar-refractivity contribution < 1.29 is 14.3 Å². The van der Waals surface area contributed by atoms with Crippen LogP contribution in [0, 0.1) is 0 Å². The number of ether oxygens (including phenoxy) is 2. The Kier molecular flexibility index (Phi) is 7.19. The third kappa shape index (κ3) is 6.14. The maximum atomic E-state index is 12.0. The highest BCUT2D eigenvalue weighted by Crippen LogP contribution is 2.20. The van der Waals surface area contributed by atoms with Crippen LogP contribution in [0.1, 0.15) is 38.8 Å². The number of benzene rings is 1. The van der Waals surface area contributed by atoms with Crippen LogP contribution in [0.15, 0.2) is 24.3 Å². The lowest BCUT2D eigenvalue weighted by atomic mass is 10.1. The van der Waals surface area contributed by atoms with E-state index in [9.17, 15) is 4.79 Å². The van der Waals surface area contributed by atoms with Gasteiger partial charge in [0.2, 0.25) is 5.91 Å². The van der Waals surface area contributed by atoms with Gasteiger partial charge in [0.1, 0.15) is 5.75 Å². The van der Waals surface area contributed by atoms with E-state index >= 15 is 0 Å². The zero-order valence-corrected chi connectivity index (χ0v) is 13.3. The second-order valence-corrected chi connectivity index (χ2v) is 5.36. The molecular formula is C16H26N2O3. The molecule has 0 aliphatic rings. The fourth-order valence-electron chi connectivity index (χ4n) is 1.91. The van der Waals surface area contributed by atoms with Gasteiger partial charge in [0.05, 0.1) is 18.2 Å². The predicted octanol–water partition coefficient (Wildman–Crippen LogP) is 2.01. The number of methoxy groups -OCH3 is 1. The lowest BCUT2D eigenvalue weighted by Crippen LogP contribution is -2.42. The highest BCUT2D eigenvalue weighted by molar-refractivity contribution is 5.81. The number of amides is 1. The molecule has 0 radical (unpaired) electrons. The molecule has 2 unspecified atom stereocenters. The maximum absolute atomic E-state index is 12.0. The molecule has 118 valence electrons. The third-order valence-corrected chi connectivity index (χ3v) is 3.06. The van der Waals surface area contributed by atoms with Gasteiger partial charge in [-0.2, -0.15) is 0 Å². The van der Waals surface area contributed by atoms with Gasteiger partial charge in [0.15, 0.2) is 0 Å². The summed E-state index contributed by atoms with van der Waals surface area (Å²) in [5, 5.41) is 2.91. The standard InChI is InChI=1S/C16H26N2O3/c1-11(2)21-14-7-5-6-13(10-14)12(3)18-16(19)15(17)8-9-20-4/h5-7,10-12,15H,8-9,17H2,1-4H3,(H,18,19). The van der Waals surface area contributed by atoms with Crippen LogP contribution in [0.3, 0.4) is 0 Å². The molecule has 0 heterocycles. The Balaban J connectivity index is 2.62. The van der Waals surface area contributed by atoms with Gasteiger partial charge in [-0.3, -0.25) is 4.79 Å². The Morgan fingerprint density at radius 1 is 1.33 bits per heavy atom. The van der Waals surface area contributed by atoms with E-state index in [0.717, 1.165) is 11.3 Å². The Hall–Kier alpha value is -1.59. The van der Waals surface area contributed by atoms with Crippen molar-refractivity contribution in [2.24, 2.45) is 5.73 Å². The number of nitrogens with one attached hydrogen (secondary N) is 1. The van der Waals surface area contributed by atoms with Crippen molar-refractivity contribution in [2.75, 3.05) is 13.7 Å². The van der Waals surface area contributed by atoms with Crippen molar-refractivity contribution in [3.8, 4) is 5.75 Å². The Morgan fingerprint density at radius 3 is 2.67 bits per heavy atom. The molecule has 1 aromatic rings. The monoisotopic (exact) mass is 294 g/mol. The molecule has 0 aromatic heterocycles. The van der Waals surface area contributed by atoms with Gasteiger partial charge in [-0.05, 0) is 44.9 Å². The quantitative estimate of drug-likeness (QED) is 0.769. The van der Waals surface area contributed by atoms with Crippen molar-refractivity contribution in [1.82, 2.24) is 5.32 Å². The first-order chi connectivity index (χ1) is 9.93. The van der Waals surface area contributed by atoms with Crippen LogP contribution in [-0.2, 0) is 9.53 Å². The van der Waals surface area contributed by atoms with E-state index in [4.69, 9.17) is 15.2 Å². The first-order valence-corrected chi connectivity index (χ1v) is 7.25. The summed E-state index contributed by atoms with van der Waals surface area (Å²) in [6.45, 7) is 6.36. The van der Waals surface area contributed by atoms with Gasteiger partial charge in [0.25, 0.3) is 0 Å². The van der Waals surface area contributed by atoms with E-state index in [0.29, 0.717) is 13.0 Å². The van der Waals surface area contributed by atoms with Gasteiger partial charge in [-0.15, -0.1) is 0 Å². The van der Waals surface area contributed by atoms with E-state index in [1.807, 2.05) is 45.0 Å². The molecule has 1 amide bonds. The van der Waals surface area contributed by atoms with Crippen LogP contribution in [0.4, 0.5) is 0 Å². The molecule has 5 nitrogen and oxygen atoms in total. The van der Waals surface area contributed by atoms with Crippen molar-refractivity contribution in [3.63, 3.8) is 0 Å². The molecular weight excluding hydrogens is 268 g/mol. The minimum atomic E-state index is -0.553. The third-order valence-electron chi connectivity index (χ3n) is 3.06. The first-order valence-electron chi connectivity index (χ1n) is 7.25. The van der Waals surface area contributed by atoms with Gasteiger partial charge < -0.3 is 20.5 Å². The zero-order chi connectivity index (χ0) is 15.8. The Labute approximate surface area is 126 Å². The summed E-state index contributed by atoms with van der Waals surface area (Å²) in [6.07, 6.45) is 0.624. The summed E-state index contributed by atoms with van der Waals surface area (Å²) >= 11 is 0. The summed E-state index contributed by atoms with van der Waals surface area (Å²) in [7, 11) is 1.59. The lowest BCUT2D eigenvalue weighted by Gasteiger charge is -2.19. The van der Waals surface area contributed by atoms with Crippen molar-refractivity contribution >= 4 is 5.91 Å². The molecule has 1 rings (SSSR count). The van der Waals surface area contributed by atoms with Crippen LogP contribution in [0.25, 0.3) is 0 Å². The minimum absolute atomic E-state index is 0.118. The molecule has 0 saturated carbocycles. The van der Waals surface area contributed by atoms with Gasteiger partial charge in [0, 0.05) is 13.7 Å². The summed E-state index contributed by atoms with van der Waals surface area (Å²) in [4.78, 5) is 12.0. The van der Waals surface area contributed by atoms with E-state index in [1.54, 1.807) is 7.11 Å². The number of carbonyl (C=O) groups is 1. The van der Waals surface area contributed by atoms with Crippen LogP contribution in [-0.4, -0.2) is 31.8 Å². The number of rotatable bonds is 8. The van der Waals surface area contributed by atoms with E-state index in [2.05, 4.69) is 5.32 Å². The van der Waals surface area contributed by atoms with Crippen LogP contribution in [0.2, 0.25) is 0 Å². The van der Waals surface area contributed by atoms with Crippen molar-refractivity contribution in [1.29, 1.82) is 0 Å². The Bertz CT molecular complexity index is 449. The largest absolute Gasteiger partial charge is 0.491 e. The molecule has 0 bridgehead atoms. The fraction of sp³-hybridized carbons (Fsp3) is 0.562. The van der Waals surface area contributed by atoms with Gasteiger partial charge in [-0.1, -0.05) is 12.1 Å². The van der Waals surface area contributed by atoms with E-state index in [-0.39, 0.29) is 18.1 Å². The molecule has 3 N–H and O–H groups in total. The van der Waals surface area contributed by atoms with E-state index in [1.165, 1.54) is 0 Å². The smallest absolute Gasteiger partial charge is 0.237 e. The SMILES string of the molecule is COCCC(N)C(=O)NC(C)c1cccc(OC(C)C)c1. The average Bonchev–Trinajstić information content (AvgIpc) is 2.44. The lowest BCUT2D eigenvalue weighted by molar-refractivity contribution is -0.123. The molecule has 2 atom stereocenters. The van der Waals surface area contributed by atoms with Gasteiger partial charge >= 0.3 is 0 Å². The molecule has 0 saturated heterocycles. The van der Waals surface area contributed by atoms with Crippen LogP contribution < -0.4 is 15.8 Å². The van der Waals surface area contributed by atoms with Crippen LogP contribution in [0.5, 0.6) is 5.75 Å². The zero-order valence-electron chi connectivity index (χ0n) is 13.3. The number of carbonyl (C=O) groups excluding carboxylic acids is 1. The van der Waals surface area contributed by atoms with Crippen LogP contribution >= 0.6 is 0 Å². The first kappa shape index (κ1) is 17.5. The Morgan fingerprint density at radius 2 is 2.05 bits per heavy atom. The average molecular weight is 294 g/mol. The fourth-order valence-corrected chi connectivity index (χ4v) is 1.91. The second kappa shape index (κ2) is 8.64. The van der Waals surface area contributed by atoms with Gasteiger partial charge in [-0.25, -0.2) is 0 Å². The number of hydrogen-bond donors (Lipinski definition) is 2. The molecule has 1 aromatic carbocycles. The molecule has 0 aliphatic heterocycles. The molecule has 5 heteroatoms. The topological polar surface area (TPSA) is 73.6 Å². The molecule has 0 aliphatic carbocycles. The normalized spacial score (nSPS) is 13.8. The summed E-state index contributed by atoms with van der Waals surface area (Å²) < 4.78 is 10.6. The summed E-state index contributed by atoms with van der Waals surface area (Å²) in [6, 6.07) is 7.04. The minimum Gasteiger partial charge on any atom is -0.491 e. The number of hydrogen-bond acceptors (Lipinski definition) is 4. The number of nitrogens with two attached hydrogens (primary N) is 1. The van der Waals surface area contributed by atoms with E-state index < -0.39 is 6.04 Å². The molecule has 21 heavy (non-hydrogen) atoms. The maximum Gasteiger partial charge on any atom is 0.237 e. The second-order valence-electron chi connectivity index (χ2n) is 5.36. The highest BCUT2D eigenvalue weighted by Gasteiger charge is 2.16. The van der Waals surface area contributed by atoms with Crippen molar-refractivity contribution in [2.45, 2.75) is 45.4 Å². The van der Waals surface area contributed by atoms with Crippen molar-refractivity contribution in [3.05, 3.63) is 29.8 Å². The summed E-state index contributed by atoms with van der Waals surface area (Å²) in [5.41, 5.74) is 6.80. The highest BCUT2D eigenvalue weighted by atomic mass is 16.5. The molecule has 0 fully saturated rings.